The fourth-order valence-electron chi connectivity index (χ4n) is 3.50. The largest absolute Gasteiger partial charge is 0.447 e. The van der Waals surface area contributed by atoms with Crippen LogP contribution < -0.4 is 21.3 Å². The Morgan fingerprint density at radius 2 is 1.88 bits per heavy atom. The molecule has 4 N–H and O–H groups in total. The van der Waals surface area contributed by atoms with Crippen LogP contribution in [0.15, 0.2) is 54.9 Å². The average molecular weight is 434 g/mol. The number of amides is 1. The lowest BCUT2D eigenvalue weighted by Crippen LogP contribution is -2.37. The minimum absolute atomic E-state index is 0.0413. The lowest BCUT2D eigenvalue weighted by Gasteiger charge is -2.23. The third-order valence-electron chi connectivity index (χ3n) is 5.38. The molecule has 0 bridgehead atoms. The number of nitrogens with two attached hydrogens (primary N) is 1. The molecular formula is C23H27N7O2. The van der Waals surface area contributed by atoms with Crippen LogP contribution in [0, 0.1) is 5.92 Å². The summed E-state index contributed by atoms with van der Waals surface area (Å²) in [6.07, 6.45) is 2.88. The van der Waals surface area contributed by atoms with Gasteiger partial charge in [-0.3, -0.25) is 4.90 Å². The van der Waals surface area contributed by atoms with Crippen LogP contribution in [0.5, 0.6) is 0 Å². The Bertz CT molecular complexity index is 1070. The summed E-state index contributed by atoms with van der Waals surface area (Å²) in [6.45, 7) is 6.51. The average Bonchev–Trinajstić information content (AvgIpc) is 3.18. The monoisotopic (exact) mass is 433 g/mol. The lowest BCUT2D eigenvalue weighted by molar-refractivity contribution is 0.177. The van der Waals surface area contributed by atoms with E-state index in [1.54, 1.807) is 29.4 Å². The highest BCUT2D eigenvalue weighted by atomic mass is 16.6. The summed E-state index contributed by atoms with van der Waals surface area (Å²) in [5, 5.41) is 6.55. The van der Waals surface area contributed by atoms with Crippen LogP contribution in [-0.2, 0) is 4.74 Å². The van der Waals surface area contributed by atoms with Gasteiger partial charge in [-0.2, -0.15) is 4.98 Å². The Morgan fingerprint density at radius 3 is 2.56 bits per heavy atom. The highest BCUT2D eigenvalue weighted by Crippen LogP contribution is 2.27. The molecule has 0 radical (unpaired) electrons. The number of nitrogens with zero attached hydrogens (tertiary/aromatic N) is 4. The zero-order valence-electron chi connectivity index (χ0n) is 18.3. The third-order valence-corrected chi connectivity index (χ3v) is 5.38. The Balaban J connectivity index is 1.43. The van der Waals surface area contributed by atoms with Crippen molar-refractivity contribution in [2.24, 2.45) is 5.92 Å². The van der Waals surface area contributed by atoms with Crippen molar-refractivity contribution in [3.63, 3.8) is 0 Å². The van der Waals surface area contributed by atoms with Crippen LogP contribution in [0.1, 0.15) is 32.4 Å². The first kappa shape index (κ1) is 21.4. The van der Waals surface area contributed by atoms with Crippen LogP contribution in [-0.4, -0.2) is 33.7 Å². The topological polar surface area (TPSA) is 118 Å². The van der Waals surface area contributed by atoms with E-state index in [-0.39, 0.29) is 24.1 Å². The number of benzene rings is 1. The minimum atomic E-state index is -0.375. The summed E-state index contributed by atoms with van der Waals surface area (Å²) < 4.78 is 5.23. The highest BCUT2D eigenvalue weighted by molar-refractivity contribution is 5.89. The SMILES string of the molecule is CC(Nc1nccc(N2C(=O)OC[C@@H]2C(C)C)n1)c1ccc(Nc2ccc(N)cn2)cc1. The van der Waals surface area contributed by atoms with Gasteiger partial charge in [-0.15, -0.1) is 0 Å². The van der Waals surface area contributed by atoms with Gasteiger partial charge in [-0.05, 0) is 48.7 Å². The summed E-state index contributed by atoms with van der Waals surface area (Å²) in [6, 6.07) is 13.3. The van der Waals surface area contributed by atoms with Gasteiger partial charge in [0.25, 0.3) is 0 Å². The molecule has 3 aromatic rings. The van der Waals surface area contributed by atoms with Gasteiger partial charge in [-0.1, -0.05) is 26.0 Å². The molecule has 3 heterocycles. The number of nitrogen functional groups attached to an aromatic ring is 1. The second-order valence-corrected chi connectivity index (χ2v) is 8.09. The van der Waals surface area contributed by atoms with Gasteiger partial charge in [-0.25, -0.2) is 14.8 Å². The number of ether oxygens (including phenoxy) is 1. The molecule has 2 aromatic heterocycles. The standard InChI is InChI=1S/C23H27N7O2/c1-14(2)19-13-32-23(31)30(19)21-10-11-25-22(29-21)27-15(3)16-4-7-18(8-5-16)28-20-9-6-17(24)12-26-20/h4-12,14-15,19H,13,24H2,1-3H3,(H,26,28)(H,25,27,29)/t15?,19-/m1/s1. The Kier molecular flexibility index (Phi) is 6.07. The fourth-order valence-corrected chi connectivity index (χ4v) is 3.50. The second kappa shape index (κ2) is 9.09. The molecule has 0 aliphatic carbocycles. The molecule has 1 aromatic carbocycles. The normalized spacial score (nSPS) is 16.7. The molecule has 0 saturated carbocycles. The van der Waals surface area contributed by atoms with E-state index in [2.05, 4.69) is 39.4 Å². The zero-order valence-corrected chi connectivity index (χ0v) is 18.3. The Labute approximate surface area is 187 Å². The summed E-state index contributed by atoms with van der Waals surface area (Å²) in [4.78, 5) is 27.0. The van der Waals surface area contributed by atoms with Gasteiger partial charge in [0, 0.05) is 11.9 Å². The minimum Gasteiger partial charge on any atom is -0.447 e. The van der Waals surface area contributed by atoms with Crippen LogP contribution in [0.3, 0.4) is 0 Å². The quantitative estimate of drug-likeness (QED) is 0.503. The van der Waals surface area contributed by atoms with Crippen molar-refractivity contribution in [2.45, 2.75) is 32.9 Å². The maximum atomic E-state index is 12.2. The van der Waals surface area contributed by atoms with E-state index in [1.807, 2.05) is 37.3 Å². The first-order valence-electron chi connectivity index (χ1n) is 10.5. The van der Waals surface area contributed by atoms with E-state index in [0.717, 1.165) is 17.1 Å². The maximum absolute atomic E-state index is 12.2. The molecule has 2 atom stereocenters. The van der Waals surface area contributed by atoms with Crippen LogP contribution >= 0.6 is 0 Å². The Morgan fingerprint density at radius 1 is 1.09 bits per heavy atom. The lowest BCUT2D eigenvalue weighted by atomic mass is 10.0. The molecular weight excluding hydrogens is 406 g/mol. The molecule has 1 aliphatic rings. The Hall–Kier alpha value is -3.88. The molecule has 1 unspecified atom stereocenters. The predicted molar refractivity (Wildman–Crippen MR) is 125 cm³/mol. The van der Waals surface area contributed by atoms with Crippen LogP contribution in [0.4, 0.5) is 33.8 Å². The molecule has 0 spiro atoms. The van der Waals surface area contributed by atoms with Crippen molar-refractivity contribution in [3.8, 4) is 0 Å². The van der Waals surface area contributed by atoms with Gasteiger partial charge in [0.15, 0.2) is 0 Å². The zero-order chi connectivity index (χ0) is 22.7. The first-order valence-corrected chi connectivity index (χ1v) is 10.5. The third kappa shape index (κ3) is 4.72. The van der Waals surface area contributed by atoms with Gasteiger partial charge in [0.05, 0.1) is 24.0 Å². The first-order chi connectivity index (χ1) is 15.4. The molecule has 9 nitrogen and oxygen atoms in total. The molecule has 1 fully saturated rings. The van der Waals surface area contributed by atoms with Crippen LogP contribution in [0.2, 0.25) is 0 Å². The van der Waals surface area contributed by atoms with E-state index in [9.17, 15) is 4.79 Å². The molecule has 166 valence electrons. The van der Waals surface area contributed by atoms with Crippen molar-refractivity contribution in [1.29, 1.82) is 0 Å². The number of rotatable bonds is 7. The van der Waals surface area contributed by atoms with Gasteiger partial charge in [0.2, 0.25) is 5.95 Å². The smallest absolute Gasteiger partial charge is 0.415 e. The number of aromatic nitrogens is 3. The second-order valence-electron chi connectivity index (χ2n) is 8.09. The highest BCUT2D eigenvalue weighted by Gasteiger charge is 2.37. The van der Waals surface area contributed by atoms with Crippen LogP contribution in [0.25, 0.3) is 0 Å². The predicted octanol–water partition coefficient (Wildman–Crippen LogP) is 4.35. The van der Waals surface area contributed by atoms with Crippen molar-refractivity contribution >= 4 is 35.1 Å². The molecule has 1 amide bonds. The number of pyridine rings is 1. The maximum Gasteiger partial charge on any atom is 0.415 e. The van der Waals surface area contributed by atoms with Crippen molar-refractivity contribution in [1.82, 2.24) is 15.0 Å². The van der Waals surface area contributed by atoms with Gasteiger partial charge in [0.1, 0.15) is 18.2 Å². The number of carbonyl (C=O) groups excluding carboxylic acids is 1. The van der Waals surface area contributed by atoms with Gasteiger partial charge >= 0.3 is 6.09 Å². The summed E-state index contributed by atoms with van der Waals surface area (Å²) in [5.41, 5.74) is 8.28. The molecule has 1 aliphatic heterocycles. The van der Waals surface area contributed by atoms with Gasteiger partial charge < -0.3 is 21.1 Å². The number of anilines is 5. The van der Waals surface area contributed by atoms with E-state index < -0.39 is 0 Å². The molecule has 4 rings (SSSR count). The van der Waals surface area contributed by atoms with Crippen molar-refractivity contribution < 1.29 is 9.53 Å². The number of cyclic esters (lactones) is 1. The van der Waals surface area contributed by atoms with Crippen molar-refractivity contribution in [3.05, 3.63) is 60.4 Å². The summed E-state index contributed by atoms with van der Waals surface area (Å²) >= 11 is 0. The number of hydrogen-bond donors (Lipinski definition) is 3. The summed E-state index contributed by atoms with van der Waals surface area (Å²) in [7, 11) is 0. The molecule has 9 heteroatoms. The van der Waals surface area contributed by atoms with Crippen molar-refractivity contribution in [2.75, 3.05) is 27.9 Å². The van der Waals surface area contributed by atoms with E-state index in [0.29, 0.717) is 24.1 Å². The fraction of sp³-hybridized carbons (Fsp3) is 0.304. The number of nitrogens with one attached hydrogen (secondary N) is 2. The molecule has 32 heavy (non-hydrogen) atoms. The summed E-state index contributed by atoms with van der Waals surface area (Å²) in [5.74, 6) is 1.96. The van der Waals surface area contributed by atoms with E-state index in [4.69, 9.17) is 10.5 Å². The molecule has 1 saturated heterocycles. The number of hydrogen-bond acceptors (Lipinski definition) is 8. The van der Waals surface area contributed by atoms with E-state index in [1.165, 1.54) is 0 Å². The van der Waals surface area contributed by atoms with E-state index >= 15 is 0 Å². The number of carbonyl (C=O) groups is 1.